The Labute approximate surface area is 121 Å². The van der Waals surface area contributed by atoms with E-state index in [1.54, 1.807) is 0 Å². The van der Waals surface area contributed by atoms with Crippen LogP contribution in [-0.2, 0) is 11.3 Å². The first-order valence-corrected chi connectivity index (χ1v) is 6.52. The number of hydrogen-bond acceptors (Lipinski definition) is 5. The summed E-state index contributed by atoms with van der Waals surface area (Å²) >= 11 is 0. The number of carboxylic acids is 1. The molecular formula is C12H19N5O4. The summed E-state index contributed by atoms with van der Waals surface area (Å²) in [5.41, 5.74) is 0.0297. The maximum Gasteiger partial charge on any atom is 0.358 e. The topological polar surface area (TPSA) is 126 Å². The van der Waals surface area contributed by atoms with E-state index in [1.807, 2.05) is 13.8 Å². The zero-order valence-electron chi connectivity index (χ0n) is 12.2. The van der Waals surface area contributed by atoms with Gasteiger partial charge in [-0.05, 0) is 19.3 Å². The molecule has 0 aliphatic heterocycles. The van der Waals surface area contributed by atoms with Crippen molar-refractivity contribution in [3.8, 4) is 0 Å². The lowest BCUT2D eigenvalue weighted by molar-refractivity contribution is -0.120. The van der Waals surface area contributed by atoms with E-state index in [2.05, 4.69) is 20.9 Å². The monoisotopic (exact) mass is 297 g/mol. The van der Waals surface area contributed by atoms with Crippen LogP contribution < -0.4 is 10.6 Å². The van der Waals surface area contributed by atoms with Crippen molar-refractivity contribution >= 4 is 17.9 Å². The quantitative estimate of drug-likeness (QED) is 0.686. The summed E-state index contributed by atoms with van der Waals surface area (Å²) in [6, 6.07) is -0.586. The van der Waals surface area contributed by atoms with Gasteiger partial charge in [-0.2, -0.15) is 0 Å². The van der Waals surface area contributed by atoms with Crippen LogP contribution in [0.5, 0.6) is 0 Å². The van der Waals surface area contributed by atoms with E-state index in [-0.39, 0.29) is 17.9 Å². The van der Waals surface area contributed by atoms with Crippen molar-refractivity contribution in [2.24, 2.45) is 5.92 Å². The third-order valence-corrected chi connectivity index (χ3v) is 2.74. The highest BCUT2D eigenvalue weighted by molar-refractivity contribution is 5.94. The number of imide groups is 1. The van der Waals surface area contributed by atoms with Crippen molar-refractivity contribution in [1.82, 2.24) is 25.6 Å². The molecule has 9 heteroatoms. The summed E-state index contributed by atoms with van der Waals surface area (Å²) in [7, 11) is 0. The summed E-state index contributed by atoms with van der Waals surface area (Å²) in [5, 5.41) is 20.5. The van der Waals surface area contributed by atoms with Gasteiger partial charge in [0.05, 0.1) is 5.69 Å². The van der Waals surface area contributed by atoms with Crippen molar-refractivity contribution < 1.29 is 19.5 Å². The van der Waals surface area contributed by atoms with Crippen LogP contribution >= 0.6 is 0 Å². The number of carbonyl (C=O) groups is 3. The number of nitrogens with zero attached hydrogens (tertiary/aromatic N) is 3. The average molecular weight is 297 g/mol. The zero-order valence-corrected chi connectivity index (χ0v) is 12.2. The van der Waals surface area contributed by atoms with Crippen LogP contribution in [0.3, 0.4) is 0 Å². The molecule has 0 fully saturated rings. The van der Waals surface area contributed by atoms with Crippen molar-refractivity contribution in [1.29, 1.82) is 0 Å². The Hall–Kier alpha value is -2.45. The fraction of sp³-hybridized carbons (Fsp3) is 0.583. The molecule has 1 aromatic heterocycles. The summed E-state index contributed by atoms with van der Waals surface area (Å²) in [5.74, 6) is -1.36. The number of carbonyl (C=O) groups excluding carboxylic acids is 2. The van der Waals surface area contributed by atoms with Gasteiger partial charge < -0.3 is 10.4 Å². The first kappa shape index (κ1) is 16.6. The van der Waals surface area contributed by atoms with Crippen LogP contribution in [0.4, 0.5) is 4.79 Å². The third-order valence-electron chi connectivity index (χ3n) is 2.74. The maximum atomic E-state index is 11.6. The minimum atomic E-state index is -1.22. The highest BCUT2D eigenvalue weighted by Gasteiger charge is 2.17. The van der Waals surface area contributed by atoms with Crippen molar-refractivity contribution in [2.75, 3.05) is 6.54 Å². The Morgan fingerprint density at radius 1 is 1.33 bits per heavy atom. The Balaban J connectivity index is 2.47. The van der Waals surface area contributed by atoms with Gasteiger partial charge in [0.15, 0.2) is 5.69 Å². The highest BCUT2D eigenvalue weighted by atomic mass is 16.4. The Morgan fingerprint density at radius 2 is 2.00 bits per heavy atom. The molecule has 0 aliphatic carbocycles. The number of carboxylic acid groups (broad SMARTS) is 1. The predicted molar refractivity (Wildman–Crippen MR) is 72.7 cm³/mol. The summed E-state index contributed by atoms with van der Waals surface area (Å²) in [6.45, 7) is 5.74. The van der Waals surface area contributed by atoms with Crippen molar-refractivity contribution in [3.63, 3.8) is 0 Å². The van der Waals surface area contributed by atoms with Gasteiger partial charge in [0.2, 0.25) is 5.91 Å². The number of amides is 3. The summed E-state index contributed by atoms with van der Waals surface area (Å²) < 4.78 is 1.13. The summed E-state index contributed by atoms with van der Waals surface area (Å²) in [4.78, 5) is 33.9. The summed E-state index contributed by atoms with van der Waals surface area (Å²) in [6.07, 6.45) is 0.811. The van der Waals surface area contributed by atoms with Crippen LogP contribution in [-0.4, -0.2) is 44.6 Å². The van der Waals surface area contributed by atoms with Gasteiger partial charge in [-0.3, -0.25) is 10.1 Å². The molecule has 0 bridgehead atoms. The normalized spacial score (nSPS) is 10.5. The van der Waals surface area contributed by atoms with E-state index in [4.69, 9.17) is 5.11 Å². The van der Waals surface area contributed by atoms with Crippen LogP contribution in [0.25, 0.3) is 0 Å². The van der Waals surface area contributed by atoms with Gasteiger partial charge in [-0.25, -0.2) is 14.3 Å². The number of nitrogens with one attached hydrogen (secondary N) is 2. The zero-order chi connectivity index (χ0) is 16.0. The standard InChI is InChI=1S/C12H19N5O4/c1-7(2)4-5-13-12(21)14-9(18)6-17-8(3)10(11(19)20)15-16-17/h7H,4-6H2,1-3H3,(H,19,20)(H2,13,14,18,21). The molecule has 0 aliphatic rings. The van der Waals surface area contributed by atoms with E-state index < -0.39 is 17.9 Å². The van der Waals surface area contributed by atoms with E-state index in [0.29, 0.717) is 12.5 Å². The maximum absolute atomic E-state index is 11.6. The van der Waals surface area contributed by atoms with Crippen molar-refractivity contribution in [3.05, 3.63) is 11.4 Å². The van der Waals surface area contributed by atoms with Crippen LogP contribution in [0, 0.1) is 12.8 Å². The van der Waals surface area contributed by atoms with Crippen molar-refractivity contribution in [2.45, 2.75) is 33.7 Å². The Morgan fingerprint density at radius 3 is 2.52 bits per heavy atom. The lowest BCUT2D eigenvalue weighted by Gasteiger charge is -2.08. The molecular weight excluding hydrogens is 278 g/mol. The first-order chi connectivity index (χ1) is 9.81. The van der Waals surface area contributed by atoms with Crippen LogP contribution in [0.15, 0.2) is 0 Å². The fourth-order valence-electron chi connectivity index (χ4n) is 1.53. The molecule has 0 aromatic carbocycles. The number of hydrogen-bond donors (Lipinski definition) is 3. The third kappa shape index (κ3) is 5.21. The highest BCUT2D eigenvalue weighted by Crippen LogP contribution is 2.02. The molecule has 0 radical (unpaired) electrons. The van der Waals surface area contributed by atoms with E-state index in [9.17, 15) is 14.4 Å². The average Bonchev–Trinajstić information content (AvgIpc) is 2.70. The molecule has 3 N–H and O–H groups in total. The van der Waals surface area contributed by atoms with E-state index >= 15 is 0 Å². The molecule has 9 nitrogen and oxygen atoms in total. The van der Waals surface area contributed by atoms with Gasteiger partial charge in [0.25, 0.3) is 0 Å². The number of aromatic nitrogens is 3. The smallest absolute Gasteiger partial charge is 0.358 e. The largest absolute Gasteiger partial charge is 0.476 e. The SMILES string of the molecule is Cc1c(C(=O)O)nnn1CC(=O)NC(=O)NCCC(C)C. The van der Waals surface area contributed by atoms with Crippen LogP contribution in [0.2, 0.25) is 0 Å². The van der Waals surface area contributed by atoms with Gasteiger partial charge in [0.1, 0.15) is 6.54 Å². The second-order valence-electron chi connectivity index (χ2n) is 4.97. The Kier molecular flexibility index (Phi) is 5.82. The first-order valence-electron chi connectivity index (χ1n) is 6.52. The predicted octanol–water partition coefficient (Wildman–Crippen LogP) is 0.157. The van der Waals surface area contributed by atoms with Gasteiger partial charge in [0, 0.05) is 6.54 Å². The lowest BCUT2D eigenvalue weighted by atomic mass is 10.1. The van der Waals surface area contributed by atoms with Crippen LogP contribution in [0.1, 0.15) is 36.5 Å². The lowest BCUT2D eigenvalue weighted by Crippen LogP contribution is -2.41. The van der Waals surface area contributed by atoms with E-state index in [1.165, 1.54) is 6.92 Å². The minimum Gasteiger partial charge on any atom is -0.476 e. The molecule has 0 unspecified atom stereocenters. The number of aromatic carboxylic acids is 1. The molecule has 1 rings (SSSR count). The van der Waals surface area contributed by atoms with Gasteiger partial charge in [-0.15, -0.1) is 5.10 Å². The van der Waals surface area contributed by atoms with Gasteiger partial charge >= 0.3 is 12.0 Å². The molecule has 0 spiro atoms. The minimum absolute atomic E-state index is 0.218. The molecule has 21 heavy (non-hydrogen) atoms. The number of rotatable bonds is 6. The molecule has 0 saturated carbocycles. The molecule has 3 amide bonds. The van der Waals surface area contributed by atoms with E-state index in [0.717, 1.165) is 11.1 Å². The molecule has 0 saturated heterocycles. The Bertz CT molecular complexity index is 538. The molecule has 1 heterocycles. The number of urea groups is 1. The second-order valence-corrected chi connectivity index (χ2v) is 4.97. The fourth-order valence-corrected chi connectivity index (χ4v) is 1.53. The van der Waals surface area contributed by atoms with Gasteiger partial charge in [-0.1, -0.05) is 19.1 Å². The molecule has 116 valence electrons. The second kappa shape index (κ2) is 7.36. The molecule has 1 aromatic rings. The molecule has 0 atom stereocenters.